The molecule has 1 heterocycles. The number of para-hydroxylation sites is 1. The molecule has 0 fully saturated rings. The number of carbonyl (C=O) groups is 1. The molecule has 1 aromatic heterocycles. The third-order valence-electron chi connectivity index (χ3n) is 4.54. The lowest BCUT2D eigenvalue weighted by molar-refractivity contribution is -0.118. The highest BCUT2D eigenvalue weighted by Crippen LogP contribution is 2.18. The number of anilines is 1. The second-order valence-corrected chi connectivity index (χ2v) is 6.63. The summed E-state index contributed by atoms with van der Waals surface area (Å²) in [5.74, 6) is 0.383. The van der Waals surface area contributed by atoms with Crippen LogP contribution in [0.15, 0.2) is 65.6 Å². The first-order chi connectivity index (χ1) is 15.0. The molecule has 0 spiro atoms. The van der Waals surface area contributed by atoms with Gasteiger partial charge in [-0.2, -0.15) is 0 Å². The van der Waals surface area contributed by atoms with E-state index in [2.05, 4.69) is 5.32 Å². The van der Waals surface area contributed by atoms with Crippen LogP contribution in [0.3, 0.4) is 0 Å². The smallest absolute Gasteiger partial charge is 0.262 e. The monoisotopic (exact) mass is 426 g/mol. The molecule has 8 heteroatoms. The number of halogens is 1. The lowest BCUT2D eigenvalue weighted by Gasteiger charge is -2.15. The Morgan fingerprint density at radius 1 is 1.03 bits per heavy atom. The van der Waals surface area contributed by atoms with Crippen LogP contribution in [-0.4, -0.2) is 30.8 Å². The van der Waals surface area contributed by atoms with Crippen LogP contribution < -0.4 is 25.0 Å². The fraction of sp³-hybridized carbons (Fsp3) is 0.217. The van der Waals surface area contributed by atoms with Crippen molar-refractivity contribution < 1.29 is 23.4 Å². The Morgan fingerprint density at radius 3 is 2.45 bits per heavy atom. The Balaban J connectivity index is 1.58. The van der Waals surface area contributed by atoms with Gasteiger partial charge in [-0.05, 0) is 43.3 Å². The Kier molecular flexibility index (Phi) is 7.26. The van der Waals surface area contributed by atoms with Gasteiger partial charge < -0.3 is 24.1 Å². The van der Waals surface area contributed by atoms with Gasteiger partial charge in [0.05, 0.1) is 25.0 Å². The standard InChI is InChI=1S/C23H23FN2O5/c1-16-23(31-15-22(28)25-20-6-4-3-5-19(20)24)21(27)11-12-26(16)13-14-30-18-9-7-17(29-2)8-10-18/h3-12H,13-15H2,1-2H3,(H,25,28). The molecule has 0 aliphatic heterocycles. The van der Waals surface area contributed by atoms with Crippen LogP contribution in [0.25, 0.3) is 0 Å². The molecule has 0 radical (unpaired) electrons. The van der Waals surface area contributed by atoms with Crippen molar-refractivity contribution >= 4 is 11.6 Å². The Bertz CT molecular complexity index is 1100. The fourth-order valence-corrected chi connectivity index (χ4v) is 2.89. The highest BCUT2D eigenvalue weighted by molar-refractivity contribution is 5.91. The molecule has 1 amide bonds. The van der Waals surface area contributed by atoms with E-state index < -0.39 is 18.3 Å². The minimum atomic E-state index is -0.567. The number of carbonyl (C=O) groups excluding carboxylic acids is 1. The van der Waals surface area contributed by atoms with Gasteiger partial charge in [0.15, 0.2) is 12.4 Å². The Hall–Kier alpha value is -3.81. The first kappa shape index (κ1) is 21.9. The molecule has 0 aliphatic carbocycles. The summed E-state index contributed by atoms with van der Waals surface area (Å²) in [6.45, 7) is 2.13. The number of pyridine rings is 1. The summed E-state index contributed by atoms with van der Waals surface area (Å²) in [5, 5.41) is 2.42. The second kappa shape index (κ2) is 10.3. The zero-order chi connectivity index (χ0) is 22.2. The average Bonchev–Trinajstić information content (AvgIpc) is 2.77. The van der Waals surface area contributed by atoms with Crippen molar-refractivity contribution in [3.8, 4) is 17.2 Å². The third-order valence-corrected chi connectivity index (χ3v) is 4.54. The number of nitrogens with one attached hydrogen (secondary N) is 1. The van der Waals surface area contributed by atoms with Gasteiger partial charge >= 0.3 is 0 Å². The van der Waals surface area contributed by atoms with Gasteiger partial charge in [0, 0.05) is 12.3 Å². The number of amides is 1. The third kappa shape index (κ3) is 5.85. The summed E-state index contributed by atoms with van der Waals surface area (Å²) in [6.07, 6.45) is 1.64. The van der Waals surface area contributed by atoms with Gasteiger partial charge in [-0.25, -0.2) is 4.39 Å². The lowest BCUT2D eigenvalue weighted by Crippen LogP contribution is -2.24. The first-order valence-electron chi connectivity index (χ1n) is 9.62. The summed E-state index contributed by atoms with van der Waals surface area (Å²) in [7, 11) is 1.60. The van der Waals surface area contributed by atoms with Crippen LogP contribution in [0, 0.1) is 12.7 Å². The van der Waals surface area contributed by atoms with Crippen molar-refractivity contribution in [2.45, 2.75) is 13.5 Å². The van der Waals surface area contributed by atoms with Crippen LogP contribution in [0.4, 0.5) is 10.1 Å². The van der Waals surface area contributed by atoms with E-state index in [1.807, 2.05) is 0 Å². The quantitative estimate of drug-likeness (QED) is 0.567. The average molecular weight is 426 g/mol. The predicted octanol–water partition coefficient (Wildman–Crippen LogP) is 3.40. The highest BCUT2D eigenvalue weighted by Gasteiger charge is 2.12. The summed E-state index contributed by atoms with van der Waals surface area (Å²) < 4.78 is 31.7. The van der Waals surface area contributed by atoms with Crippen LogP contribution in [-0.2, 0) is 11.3 Å². The molecule has 0 saturated carbocycles. The van der Waals surface area contributed by atoms with Gasteiger partial charge in [-0.3, -0.25) is 9.59 Å². The summed E-state index contributed by atoms with van der Waals surface area (Å²) in [6, 6.07) is 14.4. The van der Waals surface area contributed by atoms with E-state index in [9.17, 15) is 14.0 Å². The van der Waals surface area contributed by atoms with Crippen molar-refractivity contribution in [2.24, 2.45) is 0 Å². The van der Waals surface area contributed by atoms with Crippen molar-refractivity contribution in [2.75, 3.05) is 25.6 Å². The van der Waals surface area contributed by atoms with Gasteiger partial charge in [0.1, 0.15) is 23.9 Å². The van der Waals surface area contributed by atoms with Crippen LogP contribution >= 0.6 is 0 Å². The Labute approximate surface area is 179 Å². The largest absolute Gasteiger partial charge is 0.497 e. The van der Waals surface area contributed by atoms with Crippen LogP contribution in [0.5, 0.6) is 17.2 Å². The topological polar surface area (TPSA) is 78.8 Å². The number of benzene rings is 2. The van der Waals surface area contributed by atoms with Gasteiger partial charge in [0.2, 0.25) is 5.43 Å². The van der Waals surface area contributed by atoms with Crippen LogP contribution in [0.2, 0.25) is 0 Å². The van der Waals surface area contributed by atoms with Gasteiger partial charge in [-0.1, -0.05) is 12.1 Å². The number of methoxy groups -OCH3 is 1. The number of hydrogen-bond acceptors (Lipinski definition) is 5. The van der Waals surface area contributed by atoms with Crippen molar-refractivity contribution in [1.82, 2.24) is 4.57 Å². The molecule has 0 atom stereocenters. The Morgan fingerprint density at radius 2 is 1.74 bits per heavy atom. The molecule has 31 heavy (non-hydrogen) atoms. The van der Waals surface area contributed by atoms with E-state index >= 15 is 0 Å². The molecule has 7 nitrogen and oxygen atoms in total. The van der Waals surface area contributed by atoms with Crippen molar-refractivity contribution in [3.05, 3.63) is 82.5 Å². The zero-order valence-corrected chi connectivity index (χ0v) is 17.3. The van der Waals surface area contributed by atoms with E-state index in [0.717, 1.165) is 5.75 Å². The summed E-state index contributed by atoms with van der Waals surface area (Å²) in [5.41, 5.74) is 0.266. The van der Waals surface area contributed by atoms with E-state index in [1.165, 1.54) is 24.3 Å². The molecule has 0 aliphatic rings. The number of nitrogens with zero attached hydrogens (tertiary/aromatic N) is 1. The SMILES string of the molecule is COc1ccc(OCCn2ccc(=O)c(OCC(=O)Nc3ccccc3F)c2C)cc1. The van der Waals surface area contributed by atoms with Crippen molar-refractivity contribution in [1.29, 1.82) is 0 Å². The number of rotatable bonds is 9. The molecule has 2 aromatic carbocycles. The number of hydrogen-bond donors (Lipinski definition) is 1. The van der Waals surface area contributed by atoms with Gasteiger partial charge in [0.25, 0.3) is 5.91 Å². The van der Waals surface area contributed by atoms with Crippen molar-refractivity contribution in [3.63, 3.8) is 0 Å². The fourth-order valence-electron chi connectivity index (χ4n) is 2.89. The lowest BCUT2D eigenvalue weighted by atomic mass is 10.3. The number of aromatic nitrogens is 1. The normalized spacial score (nSPS) is 10.4. The molecule has 162 valence electrons. The maximum Gasteiger partial charge on any atom is 0.262 e. The minimum absolute atomic E-state index is 0.0500. The van der Waals surface area contributed by atoms with E-state index in [-0.39, 0.29) is 16.9 Å². The first-order valence-corrected chi connectivity index (χ1v) is 9.62. The molecular formula is C23H23FN2O5. The van der Waals surface area contributed by atoms with Gasteiger partial charge in [-0.15, -0.1) is 0 Å². The molecule has 0 saturated heterocycles. The minimum Gasteiger partial charge on any atom is -0.497 e. The van der Waals surface area contributed by atoms with E-state index in [0.29, 0.717) is 24.6 Å². The zero-order valence-electron chi connectivity index (χ0n) is 17.3. The maximum atomic E-state index is 13.6. The molecule has 1 N–H and O–H groups in total. The highest BCUT2D eigenvalue weighted by atomic mass is 19.1. The maximum absolute atomic E-state index is 13.6. The molecule has 0 bridgehead atoms. The number of ether oxygens (including phenoxy) is 3. The van der Waals surface area contributed by atoms with E-state index in [1.54, 1.807) is 55.1 Å². The predicted molar refractivity (Wildman–Crippen MR) is 114 cm³/mol. The van der Waals surface area contributed by atoms with Crippen LogP contribution in [0.1, 0.15) is 5.69 Å². The summed E-state index contributed by atoms with van der Waals surface area (Å²) in [4.78, 5) is 24.3. The molecule has 3 aromatic rings. The molecule has 0 unspecified atom stereocenters. The van der Waals surface area contributed by atoms with E-state index in [4.69, 9.17) is 14.2 Å². The second-order valence-electron chi connectivity index (χ2n) is 6.63. The molecule has 3 rings (SSSR count). The summed E-state index contributed by atoms with van der Waals surface area (Å²) >= 11 is 0. The molecular weight excluding hydrogens is 403 g/mol.